The molecule has 0 spiro atoms. The SMILES string of the molecule is NCC1CN(CCCOc2ccccc2)C1. The van der Waals surface area contributed by atoms with Gasteiger partial charge in [-0.25, -0.2) is 0 Å². The van der Waals surface area contributed by atoms with Gasteiger partial charge in [0, 0.05) is 19.6 Å². The number of nitrogens with zero attached hydrogens (tertiary/aromatic N) is 1. The second kappa shape index (κ2) is 5.87. The van der Waals surface area contributed by atoms with Crippen LogP contribution in [0.5, 0.6) is 5.75 Å². The van der Waals surface area contributed by atoms with E-state index < -0.39 is 0 Å². The molecular formula is C13H20N2O. The molecule has 1 aliphatic heterocycles. The van der Waals surface area contributed by atoms with Gasteiger partial charge in [0.05, 0.1) is 6.61 Å². The third-order valence-corrected chi connectivity index (χ3v) is 3.00. The number of nitrogens with two attached hydrogens (primary N) is 1. The van der Waals surface area contributed by atoms with Crippen LogP contribution < -0.4 is 10.5 Å². The molecule has 3 nitrogen and oxygen atoms in total. The molecule has 2 N–H and O–H groups in total. The van der Waals surface area contributed by atoms with Crippen LogP contribution in [0, 0.1) is 5.92 Å². The summed E-state index contributed by atoms with van der Waals surface area (Å²) in [5, 5.41) is 0. The summed E-state index contributed by atoms with van der Waals surface area (Å²) in [4.78, 5) is 2.44. The first kappa shape index (κ1) is 11.4. The van der Waals surface area contributed by atoms with Crippen LogP contribution in [0.4, 0.5) is 0 Å². The second-order valence-electron chi connectivity index (χ2n) is 4.38. The molecule has 0 unspecified atom stereocenters. The highest BCUT2D eigenvalue weighted by Gasteiger charge is 2.24. The van der Waals surface area contributed by atoms with E-state index in [0.717, 1.165) is 37.8 Å². The summed E-state index contributed by atoms with van der Waals surface area (Å²) in [7, 11) is 0. The fourth-order valence-electron chi connectivity index (χ4n) is 2.00. The number of rotatable bonds is 6. The predicted molar refractivity (Wildman–Crippen MR) is 65.5 cm³/mol. The van der Waals surface area contributed by atoms with Crippen molar-refractivity contribution in [3.8, 4) is 5.75 Å². The molecule has 0 aromatic heterocycles. The van der Waals surface area contributed by atoms with Gasteiger partial charge in [-0.3, -0.25) is 0 Å². The van der Waals surface area contributed by atoms with E-state index >= 15 is 0 Å². The number of hydrogen-bond donors (Lipinski definition) is 1. The molecule has 1 saturated heterocycles. The van der Waals surface area contributed by atoms with Crippen molar-refractivity contribution in [2.45, 2.75) is 6.42 Å². The van der Waals surface area contributed by atoms with Crippen LogP contribution in [0.3, 0.4) is 0 Å². The first-order chi connectivity index (χ1) is 7.88. The van der Waals surface area contributed by atoms with Crippen molar-refractivity contribution in [3.05, 3.63) is 30.3 Å². The molecule has 1 aromatic rings. The molecule has 0 atom stereocenters. The van der Waals surface area contributed by atoms with Crippen molar-refractivity contribution in [2.24, 2.45) is 11.7 Å². The molecule has 1 aliphatic rings. The Kier molecular flexibility index (Phi) is 4.19. The largest absolute Gasteiger partial charge is 0.494 e. The predicted octanol–water partition coefficient (Wildman–Crippen LogP) is 1.35. The smallest absolute Gasteiger partial charge is 0.119 e. The van der Waals surface area contributed by atoms with Crippen LogP contribution in [0.25, 0.3) is 0 Å². The third-order valence-electron chi connectivity index (χ3n) is 3.00. The summed E-state index contributed by atoms with van der Waals surface area (Å²) in [6.45, 7) is 5.10. The minimum Gasteiger partial charge on any atom is -0.494 e. The first-order valence-electron chi connectivity index (χ1n) is 5.99. The zero-order valence-corrected chi connectivity index (χ0v) is 9.64. The maximum absolute atomic E-state index is 5.63. The molecular weight excluding hydrogens is 200 g/mol. The highest BCUT2D eigenvalue weighted by atomic mass is 16.5. The topological polar surface area (TPSA) is 38.5 Å². The Hall–Kier alpha value is -1.06. The number of para-hydroxylation sites is 1. The quantitative estimate of drug-likeness (QED) is 0.735. The molecule has 88 valence electrons. The van der Waals surface area contributed by atoms with Gasteiger partial charge < -0.3 is 15.4 Å². The summed E-state index contributed by atoms with van der Waals surface area (Å²) in [6.07, 6.45) is 1.09. The fourth-order valence-corrected chi connectivity index (χ4v) is 2.00. The Morgan fingerprint density at radius 1 is 1.25 bits per heavy atom. The van der Waals surface area contributed by atoms with E-state index in [1.165, 1.54) is 13.1 Å². The molecule has 1 heterocycles. The molecule has 0 aliphatic carbocycles. The maximum atomic E-state index is 5.63. The van der Waals surface area contributed by atoms with Gasteiger partial charge in [-0.1, -0.05) is 18.2 Å². The summed E-state index contributed by atoms with van der Waals surface area (Å²) in [6, 6.07) is 9.98. The summed E-state index contributed by atoms with van der Waals surface area (Å²) in [5.74, 6) is 1.70. The number of benzene rings is 1. The average Bonchev–Trinajstić information content (AvgIpc) is 2.28. The molecule has 2 rings (SSSR count). The van der Waals surface area contributed by atoms with Crippen LogP contribution in [-0.4, -0.2) is 37.7 Å². The number of hydrogen-bond acceptors (Lipinski definition) is 3. The molecule has 0 saturated carbocycles. The van der Waals surface area contributed by atoms with Gasteiger partial charge >= 0.3 is 0 Å². The Bertz CT molecular complexity index is 296. The second-order valence-corrected chi connectivity index (χ2v) is 4.38. The molecule has 0 amide bonds. The summed E-state index contributed by atoms with van der Waals surface area (Å²) >= 11 is 0. The summed E-state index contributed by atoms with van der Waals surface area (Å²) in [5.41, 5.74) is 5.58. The zero-order valence-electron chi connectivity index (χ0n) is 9.64. The molecule has 1 fully saturated rings. The van der Waals surface area contributed by atoms with Crippen LogP contribution in [-0.2, 0) is 0 Å². The van der Waals surface area contributed by atoms with Crippen molar-refractivity contribution in [3.63, 3.8) is 0 Å². The average molecular weight is 220 g/mol. The van der Waals surface area contributed by atoms with Crippen molar-refractivity contribution in [1.82, 2.24) is 4.90 Å². The highest BCUT2D eigenvalue weighted by Crippen LogP contribution is 2.14. The molecule has 16 heavy (non-hydrogen) atoms. The monoisotopic (exact) mass is 220 g/mol. The highest BCUT2D eigenvalue weighted by molar-refractivity contribution is 5.20. The first-order valence-corrected chi connectivity index (χ1v) is 5.99. The van der Waals surface area contributed by atoms with Crippen molar-refractivity contribution in [1.29, 1.82) is 0 Å². The van der Waals surface area contributed by atoms with Gasteiger partial charge in [-0.05, 0) is 31.0 Å². The Labute approximate surface area is 97.2 Å². The normalized spacial score (nSPS) is 17.1. The Morgan fingerprint density at radius 3 is 2.69 bits per heavy atom. The van der Waals surface area contributed by atoms with E-state index in [2.05, 4.69) is 4.90 Å². The van der Waals surface area contributed by atoms with Crippen LogP contribution in [0.2, 0.25) is 0 Å². The maximum Gasteiger partial charge on any atom is 0.119 e. The van der Waals surface area contributed by atoms with E-state index in [4.69, 9.17) is 10.5 Å². The fraction of sp³-hybridized carbons (Fsp3) is 0.538. The lowest BCUT2D eigenvalue weighted by molar-refractivity contribution is 0.0985. The Balaban J connectivity index is 1.53. The van der Waals surface area contributed by atoms with Gasteiger partial charge in [-0.2, -0.15) is 0 Å². The van der Waals surface area contributed by atoms with Crippen LogP contribution >= 0.6 is 0 Å². The molecule has 3 heteroatoms. The standard InChI is InChI=1S/C13H20N2O/c14-9-12-10-15(11-12)7-4-8-16-13-5-2-1-3-6-13/h1-3,5-6,12H,4,7-11,14H2. The van der Waals surface area contributed by atoms with E-state index in [0.29, 0.717) is 0 Å². The van der Waals surface area contributed by atoms with Crippen molar-refractivity contribution in [2.75, 3.05) is 32.8 Å². The number of likely N-dealkylation sites (tertiary alicyclic amines) is 1. The van der Waals surface area contributed by atoms with Crippen LogP contribution in [0.1, 0.15) is 6.42 Å². The van der Waals surface area contributed by atoms with E-state index in [9.17, 15) is 0 Å². The van der Waals surface area contributed by atoms with Crippen molar-refractivity contribution < 1.29 is 4.74 Å². The van der Waals surface area contributed by atoms with E-state index in [1.807, 2.05) is 30.3 Å². The molecule has 0 radical (unpaired) electrons. The van der Waals surface area contributed by atoms with Gasteiger partial charge in [0.25, 0.3) is 0 Å². The lowest BCUT2D eigenvalue weighted by atomic mass is 10.0. The van der Waals surface area contributed by atoms with E-state index in [-0.39, 0.29) is 0 Å². The Morgan fingerprint density at radius 2 is 2.00 bits per heavy atom. The van der Waals surface area contributed by atoms with Gasteiger partial charge in [0.15, 0.2) is 0 Å². The van der Waals surface area contributed by atoms with Gasteiger partial charge in [0.2, 0.25) is 0 Å². The minimum absolute atomic E-state index is 0.732. The van der Waals surface area contributed by atoms with E-state index in [1.54, 1.807) is 0 Å². The summed E-state index contributed by atoms with van der Waals surface area (Å²) < 4.78 is 5.63. The van der Waals surface area contributed by atoms with Crippen LogP contribution in [0.15, 0.2) is 30.3 Å². The number of ether oxygens (including phenoxy) is 1. The lowest BCUT2D eigenvalue weighted by Crippen LogP contribution is -2.50. The zero-order chi connectivity index (χ0) is 11.2. The molecule has 1 aromatic carbocycles. The minimum atomic E-state index is 0.732. The molecule has 0 bridgehead atoms. The van der Waals surface area contributed by atoms with Gasteiger partial charge in [0.1, 0.15) is 5.75 Å². The van der Waals surface area contributed by atoms with Crippen molar-refractivity contribution >= 4 is 0 Å². The van der Waals surface area contributed by atoms with Gasteiger partial charge in [-0.15, -0.1) is 0 Å². The lowest BCUT2D eigenvalue weighted by Gasteiger charge is -2.38. The third kappa shape index (κ3) is 3.22.